The van der Waals surface area contributed by atoms with E-state index in [2.05, 4.69) is 5.32 Å². The number of halogens is 1. The average Bonchev–Trinajstić information content (AvgIpc) is 2.83. The first-order valence-electron chi connectivity index (χ1n) is 11.9. The van der Waals surface area contributed by atoms with Gasteiger partial charge in [-0.3, -0.25) is 24.0 Å². The van der Waals surface area contributed by atoms with Crippen LogP contribution in [0.25, 0.3) is 0 Å². The SMILES string of the molecule is CCCCNC(=O)C(CC)N(Cc1ccc(F)cc1)C(=O)CN(c1cc([N+](=O)[O-])ccc1C)S(C)(=O)=O. The summed E-state index contributed by atoms with van der Waals surface area (Å²) < 4.78 is 39.7. The molecule has 0 spiro atoms. The first kappa shape index (κ1) is 29.7. The predicted molar refractivity (Wildman–Crippen MR) is 139 cm³/mol. The highest BCUT2D eigenvalue weighted by Gasteiger charge is 2.32. The van der Waals surface area contributed by atoms with Crippen LogP contribution in [0.15, 0.2) is 42.5 Å². The number of anilines is 1. The number of carbonyl (C=O) groups excluding carboxylic acids is 2. The van der Waals surface area contributed by atoms with Crippen LogP contribution < -0.4 is 9.62 Å². The summed E-state index contributed by atoms with van der Waals surface area (Å²) in [5.74, 6) is -1.53. The van der Waals surface area contributed by atoms with Crippen molar-refractivity contribution in [3.8, 4) is 0 Å². The van der Waals surface area contributed by atoms with E-state index in [4.69, 9.17) is 0 Å². The van der Waals surface area contributed by atoms with Crippen molar-refractivity contribution in [3.63, 3.8) is 0 Å². The Balaban J connectivity index is 2.48. The highest BCUT2D eigenvalue weighted by Crippen LogP contribution is 2.28. The van der Waals surface area contributed by atoms with E-state index in [1.807, 2.05) is 6.92 Å². The van der Waals surface area contributed by atoms with Gasteiger partial charge in [0.1, 0.15) is 18.4 Å². The highest BCUT2D eigenvalue weighted by atomic mass is 32.2. The standard InChI is InChI=1S/C25H33FN4O6S/c1-5-7-14-27-25(32)22(6-2)28(16-19-9-11-20(26)12-10-19)24(31)17-29(37(4,35)36)23-15-21(30(33)34)13-8-18(23)3/h8-13,15,22H,5-7,14,16-17H2,1-4H3,(H,27,32). The molecule has 0 fully saturated rings. The molecule has 202 valence electrons. The van der Waals surface area contributed by atoms with Crippen molar-refractivity contribution >= 4 is 33.2 Å². The second-order valence-electron chi connectivity index (χ2n) is 8.71. The Morgan fingerprint density at radius 1 is 1.14 bits per heavy atom. The van der Waals surface area contributed by atoms with Gasteiger partial charge in [-0.05, 0) is 43.0 Å². The van der Waals surface area contributed by atoms with Crippen LogP contribution in [0.5, 0.6) is 0 Å². The first-order valence-corrected chi connectivity index (χ1v) is 13.8. The van der Waals surface area contributed by atoms with Crippen molar-refractivity contribution < 1.29 is 27.3 Å². The van der Waals surface area contributed by atoms with Gasteiger partial charge < -0.3 is 10.2 Å². The van der Waals surface area contributed by atoms with Crippen molar-refractivity contribution in [2.45, 2.75) is 52.6 Å². The number of carbonyl (C=O) groups is 2. The molecule has 12 heteroatoms. The van der Waals surface area contributed by atoms with Crippen molar-refractivity contribution in [2.75, 3.05) is 23.7 Å². The molecule has 2 amide bonds. The van der Waals surface area contributed by atoms with Crippen LogP contribution in [-0.2, 0) is 26.2 Å². The van der Waals surface area contributed by atoms with Gasteiger partial charge in [0.15, 0.2) is 0 Å². The minimum absolute atomic E-state index is 0.00720. The van der Waals surface area contributed by atoms with Crippen molar-refractivity contribution in [2.24, 2.45) is 0 Å². The molecule has 10 nitrogen and oxygen atoms in total. The number of sulfonamides is 1. The largest absolute Gasteiger partial charge is 0.354 e. The van der Waals surface area contributed by atoms with Crippen LogP contribution in [0.1, 0.15) is 44.2 Å². The molecule has 2 rings (SSSR count). The van der Waals surface area contributed by atoms with Crippen LogP contribution in [0.2, 0.25) is 0 Å². The molecule has 0 radical (unpaired) electrons. The number of hydrogen-bond donors (Lipinski definition) is 1. The maximum atomic E-state index is 13.6. The minimum atomic E-state index is -4.05. The van der Waals surface area contributed by atoms with Crippen molar-refractivity contribution in [3.05, 3.63) is 69.5 Å². The minimum Gasteiger partial charge on any atom is -0.354 e. The molecular formula is C25H33FN4O6S. The molecule has 0 saturated heterocycles. The van der Waals surface area contributed by atoms with Crippen LogP contribution >= 0.6 is 0 Å². The summed E-state index contributed by atoms with van der Waals surface area (Å²) in [6.45, 7) is 4.96. The molecule has 2 aromatic rings. The number of nitrogens with zero attached hydrogens (tertiary/aromatic N) is 3. The lowest BCUT2D eigenvalue weighted by atomic mass is 10.1. The molecule has 1 unspecified atom stereocenters. The molecule has 0 aliphatic carbocycles. The third kappa shape index (κ3) is 8.24. The van der Waals surface area contributed by atoms with Gasteiger partial charge in [-0.1, -0.05) is 38.5 Å². The number of hydrogen-bond acceptors (Lipinski definition) is 6. The number of aryl methyl sites for hydroxylation is 1. The quantitative estimate of drug-likeness (QED) is 0.237. The van der Waals surface area contributed by atoms with Gasteiger partial charge in [-0.25, -0.2) is 12.8 Å². The zero-order valence-electron chi connectivity index (χ0n) is 21.4. The number of unbranched alkanes of at least 4 members (excludes halogenated alkanes) is 1. The maximum Gasteiger partial charge on any atom is 0.271 e. The Morgan fingerprint density at radius 3 is 2.32 bits per heavy atom. The molecule has 0 aliphatic heterocycles. The van der Waals surface area contributed by atoms with Gasteiger partial charge in [-0.15, -0.1) is 0 Å². The fourth-order valence-corrected chi connectivity index (χ4v) is 4.69. The first-order chi connectivity index (χ1) is 17.4. The van der Waals surface area contributed by atoms with Gasteiger partial charge >= 0.3 is 0 Å². The monoisotopic (exact) mass is 536 g/mol. The van der Waals surface area contributed by atoms with E-state index in [0.717, 1.165) is 29.5 Å². The Kier molecular flexibility index (Phi) is 10.5. The van der Waals surface area contributed by atoms with E-state index in [1.54, 1.807) is 13.8 Å². The number of nitro groups is 1. The fraction of sp³-hybridized carbons (Fsp3) is 0.440. The van der Waals surface area contributed by atoms with Gasteiger partial charge in [-0.2, -0.15) is 0 Å². The van der Waals surface area contributed by atoms with Crippen LogP contribution in [0.3, 0.4) is 0 Å². The molecule has 0 saturated carbocycles. The topological polar surface area (TPSA) is 130 Å². The summed E-state index contributed by atoms with van der Waals surface area (Å²) >= 11 is 0. The molecule has 0 bridgehead atoms. The molecule has 1 N–H and O–H groups in total. The third-order valence-corrected chi connectivity index (χ3v) is 6.96. The van der Waals surface area contributed by atoms with E-state index in [-0.39, 0.29) is 30.2 Å². The predicted octanol–water partition coefficient (Wildman–Crippen LogP) is 3.53. The van der Waals surface area contributed by atoms with Gasteiger partial charge in [0, 0.05) is 25.2 Å². The lowest BCUT2D eigenvalue weighted by Crippen LogP contribution is -2.52. The molecule has 37 heavy (non-hydrogen) atoms. The van der Waals surface area contributed by atoms with Gasteiger partial charge in [0.05, 0.1) is 16.9 Å². The Bertz CT molecular complexity index is 1220. The van der Waals surface area contributed by atoms with Gasteiger partial charge in [0.25, 0.3) is 5.69 Å². The zero-order chi connectivity index (χ0) is 27.8. The molecule has 2 aromatic carbocycles. The average molecular weight is 537 g/mol. The molecule has 0 heterocycles. The Morgan fingerprint density at radius 2 is 1.78 bits per heavy atom. The Hall–Kier alpha value is -3.54. The zero-order valence-corrected chi connectivity index (χ0v) is 22.3. The summed E-state index contributed by atoms with van der Waals surface area (Å²) in [5.41, 5.74) is 0.629. The summed E-state index contributed by atoms with van der Waals surface area (Å²) in [7, 11) is -4.05. The second kappa shape index (κ2) is 13.1. The van der Waals surface area contributed by atoms with Crippen LogP contribution in [0, 0.1) is 22.9 Å². The second-order valence-corrected chi connectivity index (χ2v) is 10.6. The smallest absolute Gasteiger partial charge is 0.271 e. The van der Waals surface area contributed by atoms with Crippen LogP contribution in [-0.4, -0.2) is 55.4 Å². The summed E-state index contributed by atoms with van der Waals surface area (Å²) in [6.07, 6.45) is 2.76. The Labute approximate surface area is 216 Å². The molecule has 0 aromatic heterocycles. The highest BCUT2D eigenvalue weighted by molar-refractivity contribution is 7.92. The molecule has 0 aliphatic rings. The van der Waals surface area contributed by atoms with Gasteiger partial charge in [0.2, 0.25) is 21.8 Å². The normalized spacial score (nSPS) is 12.0. The molecular weight excluding hydrogens is 503 g/mol. The maximum absolute atomic E-state index is 13.6. The fourth-order valence-electron chi connectivity index (χ4n) is 3.79. The number of nitro benzene ring substituents is 1. The number of rotatable bonds is 13. The van der Waals surface area contributed by atoms with Crippen molar-refractivity contribution in [1.82, 2.24) is 10.2 Å². The lowest BCUT2D eigenvalue weighted by molar-refractivity contribution is -0.384. The van der Waals surface area contributed by atoms with Crippen LogP contribution in [0.4, 0.5) is 15.8 Å². The van der Waals surface area contributed by atoms with E-state index in [0.29, 0.717) is 17.7 Å². The summed E-state index contributed by atoms with van der Waals surface area (Å²) in [4.78, 5) is 38.5. The third-order valence-electron chi connectivity index (χ3n) is 5.83. The lowest BCUT2D eigenvalue weighted by Gasteiger charge is -2.33. The van der Waals surface area contributed by atoms with E-state index < -0.39 is 39.3 Å². The number of nitrogens with one attached hydrogen (secondary N) is 1. The number of amides is 2. The number of non-ortho nitro benzene ring substituents is 1. The molecule has 1 atom stereocenters. The summed E-state index contributed by atoms with van der Waals surface area (Å²) in [5, 5.41) is 14.1. The number of benzene rings is 2. The van der Waals surface area contributed by atoms with E-state index in [9.17, 15) is 32.5 Å². The van der Waals surface area contributed by atoms with E-state index >= 15 is 0 Å². The van der Waals surface area contributed by atoms with E-state index in [1.165, 1.54) is 41.3 Å². The van der Waals surface area contributed by atoms with Crippen molar-refractivity contribution in [1.29, 1.82) is 0 Å². The summed E-state index contributed by atoms with van der Waals surface area (Å²) in [6, 6.07) is 8.26.